The Labute approximate surface area is 114 Å². The minimum absolute atomic E-state index is 0.00991. The number of hydrogen-bond acceptors (Lipinski definition) is 3. The molecular weight excluding hydrogens is 244 g/mol. The maximum atomic E-state index is 11.9. The molecule has 5 nitrogen and oxygen atoms in total. The molecule has 0 spiro atoms. The highest BCUT2D eigenvalue weighted by molar-refractivity contribution is 5.81. The molecule has 1 amide bonds. The zero-order valence-electron chi connectivity index (χ0n) is 12.3. The van der Waals surface area contributed by atoms with Crippen molar-refractivity contribution in [2.45, 2.75) is 59.0 Å². The monoisotopic (exact) mass is 270 g/mol. The van der Waals surface area contributed by atoms with Gasteiger partial charge in [-0.25, -0.2) is 0 Å². The number of rotatable bonds is 4. The average Bonchev–Trinajstić information content (AvgIpc) is 2.33. The summed E-state index contributed by atoms with van der Waals surface area (Å²) in [6.45, 7) is 7.82. The lowest BCUT2D eigenvalue weighted by atomic mass is 9.61. The van der Waals surface area contributed by atoms with E-state index in [9.17, 15) is 14.7 Å². The Hall–Kier alpha value is -1.10. The Morgan fingerprint density at radius 1 is 1.42 bits per heavy atom. The smallest absolute Gasteiger partial charge is 0.307 e. The van der Waals surface area contributed by atoms with Crippen LogP contribution in [0.2, 0.25) is 0 Å². The van der Waals surface area contributed by atoms with Gasteiger partial charge in [0.1, 0.15) is 0 Å². The van der Waals surface area contributed by atoms with E-state index in [2.05, 4.69) is 5.32 Å². The first-order valence-electron chi connectivity index (χ1n) is 7.00. The molecule has 1 saturated carbocycles. The van der Waals surface area contributed by atoms with Crippen LogP contribution in [0.15, 0.2) is 0 Å². The molecule has 1 aliphatic rings. The molecule has 4 N–H and O–H groups in total. The Morgan fingerprint density at radius 2 is 2.00 bits per heavy atom. The lowest BCUT2D eigenvalue weighted by Crippen LogP contribution is -2.55. The van der Waals surface area contributed by atoms with Crippen LogP contribution in [-0.4, -0.2) is 29.1 Å². The fraction of sp³-hybridized carbons (Fsp3) is 0.857. The van der Waals surface area contributed by atoms with Gasteiger partial charge in [0, 0.05) is 6.04 Å². The molecule has 0 saturated heterocycles. The summed E-state index contributed by atoms with van der Waals surface area (Å²) >= 11 is 0. The standard InChI is InChI=1S/C14H26N2O3/c1-5-10(15)12(17)16-11-7-6-9(13(18)19)14(3,4)8(11)2/h8-11H,5-7,15H2,1-4H3,(H,16,17)(H,18,19). The summed E-state index contributed by atoms with van der Waals surface area (Å²) in [7, 11) is 0. The van der Waals surface area contributed by atoms with Gasteiger partial charge in [-0.3, -0.25) is 9.59 Å². The van der Waals surface area contributed by atoms with Crippen LogP contribution in [0.1, 0.15) is 47.0 Å². The lowest BCUT2D eigenvalue weighted by molar-refractivity contribution is -0.150. The molecule has 0 aromatic carbocycles. The molecule has 0 aliphatic heterocycles. The molecular formula is C14H26N2O3. The summed E-state index contributed by atoms with van der Waals surface area (Å²) in [6.07, 6.45) is 1.90. The third-order valence-electron chi connectivity index (χ3n) is 4.84. The summed E-state index contributed by atoms with van der Waals surface area (Å²) < 4.78 is 0. The maximum Gasteiger partial charge on any atom is 0.307 e. The number of carboxylic acid groups (broad SMARTS) is 1. The molecule has 0 bridgehead atoms. The van der Waals surface area contributed by atoms with Gasteiger partial charge in [-0.1, -0.05) is 27.7 Å². The van der Waals surface area contributed by atoms with Gasteiger partial charge in [-0.05, 0) is 30.6 Å². The number of carboxylic acids is 1. The zero-order valence-corrected chi connectivity index (χ0v) is 12.3. The molecule has 0 aromatic rings. The van der Waals surface area contributed by atoms with Gasteiger partial charge in [0.2, 0.25) is 5.91 Å². The van der Waals surface area contributed by atoms with Crippen LogP contribution in [0.3, 0.4) is 0 Å². The van der Waals surface area contributed by atoms with Crippen LogP contribution in [0.25, 0.3) is 0 Å². The van der Waals surface area contributed by atoms with E-state index < -0.39 is 12.0 Å². The Balaban J connectivity index is 2.75. The SMILES string of the molecule is CCC(N)C(=O)NC1CCC(C(=O)O)C(C)(C)C1C. The summed E-state index contributed by atoms with van der Waals surface area (Å²) in [5.41, 5.74) is 5.38. The van der Waals surface area contributed by atoms with Gasteiger partial charge < -0.3 is 16.2 Å². The van der Waals surface area contributed by atoms with Crippen molar-refractivity contribution in [3.63, 3.8) is 0 Å². The predicted octanol–water partition coefficient (Wildman–Crippen LogP) is 1.37. The molecule has 1 fully saturated rings. The van der Waals surface area contributed by atoms with E-state index in [1.807, 2.05) is 27.7 Å². The van der Waals surface area contributed by atoms with Crippen molar-refractivity contribution in [2.24, 2.45) is 23.0 Å². The fourth-order valence-electron chi connectivity index (χ4n) is 2.92. The minimum Gasteiger partial charge on any atom is -0.481 e. The molecule has 19 heavy (non-hydrogen) atoms. The van der Waals surface area contributed by atoms with Crippen molar-refractivity contribution in [1.82, 2.24) is 5.32 Å². The second-order valence-electron chi connectivity index (χ2n) is 6.21. The predicted molar refractivity (Wildman–Crippen MR) is 73.5 cm³/mol. The average molecular weight is 270 g/mol. The Morgan fingerprint density at radius 3 is 2.47 bits per heavy atom. The fourth-order valence-corrected chi connectivity index (χ4v) is 2.92. The summed E-state index contributed by atoms with van der Waals surface area (Å²) in [6, 6.07) is -0.469. The summed E-state index contributed by atoms with van der Waals surface area (Å²) in [5, 5.41) is 12.3. The van der Waals surface area contributed by atoms with Crippen LogP contribution in [-0.2, 0) is 9.59 Å². The molecule has 1 aliphatic carbocycles. The van der Waals surface area contributed by atoms with E-state index in [-0.39, 0.29) is 29.2 Å². The van der Waals surface area contributed by atoms with Gasteiger partial charge in [0.25, 0.3) is 0 Å². The van der Waals surface area contributed by atoms with E-state index in [0.717, 1.165) is 0 Å². The zero-order chi connectivity index (χ0) is 14.8. The molecule has 0 aromatic heterocycles. The van der Waals surface area contributed by atoms with Gasteiger partial charge in [-0.2, -0.15) is 0 Å². The third kappa shape index (κ3) is 3.26. The highest BCUT2D eigenvalue weighted by Crippen LogP contribution is 2.45. The topological polar surface area (TPSA) is 92.4 Å². The molecule has 5 heteroatoms. The maximum absolute atomic E-state index is 11.9. The highest BCUT2D eigenvalue weighted by atomic mass is 16.4. The summed E-state index contributed by atoms with van der Waals surface area (Å²) in [4.78, 5) is 23.2. The molecule has 4 atom stereocenters. The van der Waals surface area contributed by atoms with E-state index in [1.54, 1.807) is 0 Å². The van der Waals surface area contributed by atoms with Crippen molar-refractivity contribution in [1.29, 1.82) is 0 Å². The largest absolute Gasteiger partial charge is 0.481 e. The van der Waals surface area contributed by atoms with E-state index in [1.165, 1.54) is 0 Å². The van der Waals surface area contributed by atoms with Crippen molar-refractivity contribution in [2.75, 3.05) is 0 Å². The van der Waals surface area contributed by atoms with Crippen molar-refractivity contribution < 1.29 is 14.7 Å². The normalized spacial score (nSPS) is 31.5. The Bertz CT molecular complexity index is 355. The first-order chi connectivity index (χ1) is 8.71. The van der Waals surface area contributed by atoms with Gasteiger partial charge in [-0.15, -0.1) is 0 Å². The van der Waals surface area contributed by atoms with Crippen LogP contribution in [0.5, 0.6) is 0 Å². The molecule has 4 unspecified atom stereocenters. The lowest BCUT2D eigenvalue weighted by Gasteiger charge is -2.46. The van der Waals surface area contributed by atoms with Crippen molar-refractivity contribution in [3.8, 4) is 0 Å². The quantitative estimate of drug-likeness (QED) is 0.719. The van der Waals surface area contributed by atoms with Gasteiger partial charge in [0.05, 0.1) is 12.0 Å². The first-order valence-corrected chi connectivity index (χ1v) is 7.00. The highest BCUT2D eigenvalue weighted by Gasteiger charge is 2.46. The minimum atomic E-state index is -0.744. The second-order valence-corrected chi connectivity index (χ2v) is 6.21. The van der Waals surface area contributed by atoms with Crippen molar-refractivity contribution in [3.05, 3.63) is 0 Å². The van der Waals surface area contributed by atoms with E-state index in [0.29, 0.717) is 19.3 Å². The number of nitrogens with two attached hydrogens (primary N) is 1. The van der Waals surface area contributed by atoms with E-state index in [4.69, 9.17) is 5.73 Å². The number of aliphatic carboxylic acids is 1. The number of hydrogen-bond donors (Lipinski definition) is 3. The second kappa shape index (κ2) is 5.90. The molecule has 0 heterocycles. The first kappa shape index (κ1) is 16.0. The van der Waals surface area contributed by atoms with Crippen LogP contribution < -0.4 is 11.1 Å². The van der Waals surface area contributed by atoms with Crippen LogP contribution >= 0.6 is 0 Å². The number of carbonyl (C=O) groups is 2. The van der Waals surface area contributed by atoms with Crippen LogP contribution in [0, 0.1) is 17.3 Å². The van der Waals surface area contributed by atoms with Crippen LogP contribution in [0.4, 0.5) is 0 Å². The van der Waals surface area contributed by atoms with Gasteiger partial charge in [0.15, 0.2) is 0 Å². The molecule has 1 rings (SSSR count). The third-order valence-corrected chi connectivity index (χ3v) is 4.84. The summed E-state index contributed by atoms with van der Waals surface area (Å²) in [5.74, 6) is -1.12. The van der Waals surface area contributed by atoms with Crippen molar-refractivity contribution >= 4 is 11.9 Å². The number of carbonyl (C=O) groups excluding carboxylic acids is 1. The van der Waals surface area contributed by atoms with Gasteiger partial charge >= 0.3 is 5.97 Å². The van der Waals surface area contributed by atoms with E-state index >= 15 is 0 Å². The molecule has 0 radical (unpaired) electrons. The molecule has 110 valence electrons. The Kier molecular flexibility index (Phi) is 4.96. The number of nitrogens with one attached hydrogen (secondary N) is 1. The number of amides is 1.